The summed E-state index contributed by atoms with van der Waals surface area (Å²) in [4.78, 5) is 13.7. The smallest absolute Gasteiger partial charge is 0.388 e. The molecule has 0 amide bonds. The number of aromatic nitrogens is 2. The number of alkyl halides is 4. The van der Waals surface area contributed by atoms with Crippen molar-refractivity contribution in [3.8, 4) is 5.88 Å². The molecule has 2 unspecified atom stereocenters. The summed E-state index contributed by atoms with van der Waals surface area (Å²) in [5.41, 5.74) is 4.20. The van der Waals surface area contributed by atoms with Crippen molar-refractivity contribution in [2.45, 2.75) is 31.9 Å². The fourth-order valence-corrected chi connectivity index (χ4v) is 4.55. The molecule has 3 rings (SSSR count). The topological polar surface area (TPSA) is 76.6 Å². The summed E-state index contributed by atoms with van der Waals surface area (Å²) in [6.07, 6.45) is 1.51. The predicted octanol–water partition coefficient (Wildman–Crippen LogP) is 4.07. The van der Waals surface area contributed by atoms with Crippen LogP contribution in [0.1, 0.15) is 25.5 Å². The molecule has 2 aliphatic heterocycles. The molecule has 0 spiro atoms. The Morgan fingerprint density at radius 2 is 2.17 bits per heavy atom. The van der Waals surface area contributed by atoms with Gasteiger partial charge in [0.25, 0.3) is 6.43 Å². The van der Waals surface area contributed by atoms with Gasteiger partial charge in [-0.05, 0) is 13.0 Å². The molecule has 0 aliphatic carbocycles. The van der Waals surface area contributed by atoms with Crippen LogP contribution in [0.5, 0.6) is 5.88 Å². The molecule has 0 aromatic carbocycles. The van der Waals surface area contributed by atoms with Crippen molar-refractivity contribution >= 4 is 22.9 Å². The van der Waals surface area contributed by atoms with E-state index in [1.54, 1.807) is 19.1 Å². The van der Waals surface area contributed by atoms with E-state index in [1.807, 2.05) is 0 Å². The van der Waals surface area contributed by atoms with Gasteiger partial charge in [-0.3, -0.25) is 4.99 Å². The molecule has 12 heteroatoms. The maximum absolute atomic E-state index is 14.5. The van der Waals surface area contributed by atoms with Crippen molar-refractivity contribution in [3.63, 3.8) is 0 Å². The van der Waals surface area contributed by atoms with Crippen LogP contribution in [0.4, 0.5) is 27.9 Å². The fourth-order valence-electron chi connectivity index (χ4n) is 3.51. The first kappa shape index (κ1) is 22.3. The quantitative estimate of drug-likeness (QED) is 0.500. The molecule has 2 atom stereocenters. The predicted molar refractivity (Wildman–Crippen MR) is 105 cm³/mol. The molecule has 0 radical (unpaired) electrons. The summed E-state index contributed by atoms with van der Waals surface area (Å²) in [5.74, 6) is -0.901. The standard InChI is InChI=1S/C18H20F5N5OS/c1-2-3-4-11(19)6-18-9-28(7-10(18)8-30-16(24)27-18)17-25-12(14(20)21)5-13(26-17)29-15(22)23/h2-5,10,14-15H,6-9H2,1H3,(H2,24,27). The number of hydrogen-bond donors (Lipinski definition) is 1. The Morgan fingerprint density at radius 1 is 1.40 bits per heavy atom. The van der Waals surface area contributed by atoms with Gasteiger partial charge in [0.2, 0.25) is 11.8 Å². The first-order valence-corrected chi connectivity index (χ1v) is 10.0. The molecular formula is C18H20F5N5OS. The maximum atomic E-state index is 14.5. The normalized spacial score (nSPS) is 24.7. The van der Waals surface area contributed by atoms with Crippen LogP contribution in [-0.2, 0) is 0 Å². The summed E-state index contributed by atoms with van der Waals surface area (Å²) < 4.78 is 70.3. The van der Waals surface area contributed by atoms with E-state index in [4.69, 9.17) is 5.73 Å². The van der Waals surface area contributed by atoms with E-state index in [1.165, 1.54) is 22.7 Å². The van der Waals surface area contributed by atoms with E-state index in [0.29, 0.717) is 17.0 Å². The lowest BCUT2D eigenvalue weighted by molar-refractivity contribution is -0.0531. The van der Waals surface area contributed by atoms with Gasteiger partial charge >= 0.3 is 6.61 Å². The highest BCUT2D eigenvalue weighted by molar-refractivity contribution is 8.13. The van der Waals surface area contributed by atoms with Crippen LogP contribution < -0.4 is 15.4 Å². The number of thioether (sulfide) groups is 1. The first-order valence-electron chi connectivity index (χ1n) is 9.05. The molecule has 2 aliphatic rings. The number of nitrogens with two attached hydrogens (primary N) is 1. The Hall–Kier alpha value is -2.37. The number of aliphatic imine (C=N–C) groups is 1. The van der Waals surface area contributed by atoms with Crippen LogP contribution in [-0.4, -0.2) is 46.1 Å². The number of anilines is 1. The molecular weight excluding hydrogens is 429 g/mol. The lowest BCUT2D eigenvalue weighted by Crippen LogP contribution is -2.42. The van der Waals surface area contributed by atoms with Crippen LogP contribution in [0.25, 0.3) is 0 Å². The second-order valence-electron chi connectivity index (χ2n) is 6.87. The van der Waals surface area contributed by atoms with Gasteiger partial charge in [0.1, 0.15) is 11.5 Å². The summed E-state index contributed by atoms with van der Waals surface area (Å²) in [5, 5.41) is 0.302. The highest BCUT2D eigenvalue weighted by atomic mass is 32.2. The van der Waals surface area contributed by atoms with E-state index >= 15 is 0 Å². The average Bonchev–Trinajstić information content (AvgIpc) is 3.03. The Kier molecular flexibility index (Phi) is 6.84. The Morgan fingerprint density at radius 3 is 2.83 bits per heavy atom. The zero-order chi connectivity index (χ0) is 21.9. The minimum atomic E-state index is -3.22. The van der Waals surface area contributed by atoms with Gasteiger partial charge in [-0.15, -0.1) is 0 Å². The molecule has 1 saturated heterocycles. The fraction of sp³-hybridized carbons (Fsp3) is 0.500. The number of nitrogens with zero attached hydrogens (tertiary/aromatic N) is 4. The Bertz CT molecular complexity index is 865. The van der Waals surface area contributed by atoms with Gasteiger partial charge in [0, 0.05) is 37.2 Å². The van der Waals surface area contributed by atoms with E-state index in [9.17, 15) is 22.0 Å². The van der Waals surface area contributed by atoms with Crippen LogP contribution in [0.3, 0.4) is 0 Å². The van der Waals surface area contributed by atoms with Crippen LogP contribution in [0.2, 0.25) is 0 Å². The maximum Gasteiger partial charge on any atom is 0.388 e. The molecule has 0 saturated carbocycles. The van der Waals surface area contributed by atoms with Crippen molar-refractivity contribution < 1.29 is 26.7 Å². The molecule has 1 aromatic heterocycles. The summed E-state index contributed by atoms with van der Waals surface area (Å²) >= 11 is 1.32. The summed E-state index contributed by atoms with van der Waals surface area (Å²) in [6.45, 7) is -1.10. The van der Waals surface area contributed by atoms with Gasteiger partial charge < -0.3 is 15.4 Å². The first-order chi connectivity index (χ1) is 14.2. The number of halogens is 5. The van der Waals surface area contributed by atoms with Crippen molar-refractivity contribution in [2.75, 3.05) is 23.7 Å². The summed E-state index contributed by atoms with van der Waals surface area (Å²) in [7, 11) is 0. The van der Waals surface area contributed by atoms with Gasteiger partial charge in [-0.25, -0.2) is 18.2 Å². The molecule has 3 heterocycles. The molecule has 0 bridgehead atoms. The van der Waals surface area contributed by atoms with Gasteiger partial charge in [-0.1, -0.05) is 23.9 Å². The van der Waals surface area contributed by atoms with E-state index in [0.717, 1.165) is 0 Å². The van der Waals surface area contributed by atoms with Crippen molar-refractivity contribution in [1.29, 1.82) is 0 Å². The van der Waals surface area contributed by atoms with E-state index < -0.39 is 36.0 Å². The molecule has 1 fully saturated rings. The zero-order valence-electron chi connectivity index (χ0n) is 15.9. The zero-order valence-corrected chi connectivity index (χ0v) is 16.8. The van der Waals surface area contributed by atoms with Crippen LogP contribution >= 0.6 is 11.8 Å². The van der Waals surface area contributed by atoms with Crippen molar-refractivity contribution in [1.82, 2.24) is 9.97 Å². The Labute approximate surface area is 174 Å². The van der Waals surface area contributed by atoms with E-state index in [2.05, 4.69) is 19.7 Å². The third-order valence-corrected chi connectivity index (χ3v) is 5.76. The Balaban J connectivity index is 1.94. The number of fused-ring (bicyclic) bond motifs is 1. The molecule has 30 heavy (non-hydrogen) atoms. The van der Waals surface area contributed by atoms with Gasteiger partial charge in [-0.2, -0.15) is 13.8 Å². The van der Waals surface area contributed by atoms with Gasteiger partial charge in [0.15, 0.2) is 5.17 Å². The number of allylic oxidation sites excluding steroid dienone is 3. The third-order valence-electron chi connectivity index (χ3n) is 4.80. The minimum Gasteiger partial charge on any atom is -0.417 e. The molecule has 164 valence electrons. The monoisotopic (exact) mass is 449 g/mol. The summed E-state index contributed by atoms with van der Waals surface area (Å²) in [6, 6.07) is 0.671. The van der Waals surface area contributed by atoms with Crippen molar-refractivity contribution in [2.24, 2.45) is 16.6 Å². The second-order valence-corrected chi connectivity index (χ2v) is 7.91. The molecule has 1 aromatic rings. The third kappa shape index (κ3) is 5.02. The average molecular weight is 449 g/mol. The lowest BCUT2D eigenvalue weighted by atomic mass is 9.85. The largest absolute Gasteiger partial charge is 0.417 e. The van der Waals surface area contributed by atoms with Crippen LogP contribution in [0.15, 0.2) is 35.1 Å². The number of amidine groups is 1. The van der Waals surface area contributed by atoms with Crippen molar-refractivity contribution in [3.05, 3.63) is 35.8 Å². The van der Waals surface area contributed by atoms with Gasteiger partial charge in [0.05, 0.1) is 5.54 Å². The highest BCUT2D eigenvalue weighted by Crippen LogP contribution is 2.43. The number of ether oxygens (including phenoxy) is 1. The van der Waals surface area contributed by atoms with Crippen LogP contribution in [0, 0.1) is 5.92 Å². The number of rotatable bonds is 7. The molecule has 2 N–H and O–H groups in total. The highest BCUT2D eigenvalue weighted by Gasteiger charge is 2.50. The lowest BCUT2D eigenvalue weighted by Gasteiger charge is -2.33. The SMILES string of the molecule is CC=CC=C(F)CC12CN(c3nc(OC(F)F)cc(C(F)F)n3)CC1CSC(N)=N2. The van der Waals surface area contributed by atoms with E-state index in [-0.39, 0.29) is 31.4 Å². The number of hydrogen-bond acceptors (Lipinski definition) is 7. The minimum absolute atomic E-state index is 0.0469. The molecule has 6 nitrogen and oxygen atoms in total. The second kappa shape index (κ2) is 9.19.